The van der Waals surface area contributed by atoms with Gasteiger partial charge >= 0.3 is 0 Å². The van der Waals surface area contributed by atoms with Crippen LogP contribution in [-0.4, -0.2) is 20.7 Å². The first-order valence-electron chi connectivity index (χ1n) is 7.17. The molecule has 3 aliphatic rings. The normalized spacial score (nSPS) is 29.3. The topological polar surface area (TPSA) is 62.7 Å². The first-order valence-corrected chi connectivity index (χ1v) is 7.58. The van der Waals surface area contributed by atoms with Crippen molar-refractivity contribution in [1.82, 2.24) is 20.1 Å². The number of aromatic nitrogens is 3. The van der Waals surface area contributed by atoms with Crippen LogP contribution in [0.25, 0.3) is 0 Å². The van der Waals surface area contributed by atoms with Crippen LogP contribution < -0.4 is 5.32 Å². The Hall–Kier alpha value is -1.17. The van der Waals surface area contributed by atoms with E-state index in [1.165, 1.54) is 25.7 Å². The number of H-pyrrole nitrogens is 1. The Bertz CT molecular complexity index is 569. The van der Waals surface area contributed by atoms with E-state index >= 15 is 0 Å². The molecule has 1 heterocycles. The monoisotopic (exact) mass is 278 g/mol. The quantitative estimate of drug-likeness (QED) is 0.809. The summed E-state index contributed by atoms with van der Waals surface area (Å²) in [6.45, 7) is 0.496. The third kappa shape index (κ3) is 2.22. The minimum Gasteiger partial charge on any atom is -0.349 e. The van der Waals surface area contributed by atoms with Crippen LogP contribution in [0.5, 0.6) is 0 Å². The van der Waals surface area contributed by atoms with E-state index in [1.807, 2.05) is 0 Å². The van der Waals surface area contributed by atoms with Crippen molar-refractivity contribution in [1.29, 1.82) is 0 Å². The molecule has 2 N–H and O–H groups in total. The molecule has 3 saturated carbocycles. The van der Waals surface area contributed by atoms with E-state index in [0.29, 0.717) is 23.3 Å². The number of rotatable bonds is 5. The highest BCUT2D eigenvalue weighted by atomic mass is 32.1. The third-order valence-corrected chi connectivity index (χ3v) is 4.80. The Kier molecular flexibility index (Phi) is 2.55. The molecule has 6 heteroatoms. The summed E-state index contributed by atoms with van der Waals surface area (Å²) in [5.41, 5.74) is 0. The van der Waals surface area contributed by atoms with E-state index in [0.717, 1.165) is 18.2 Å². The van der Waals surface area contributed by atoms with Gasteiger partial charge in [0.15, 0.2) is 10.6 Å². The van der Waals surface area contributed by atoms with E-state index in [2.05, 4.69) is 20.1 Å². The summed E-state index contributed by atoms with van der Waals surface area (Å²) < 4.78 is 2.73. The smallest absolute Gasteiger partial charge is 0.223 e. The average molecular weight is 278 g/mol. The van der Waals surface area contributed by atoms with Gasteiger partial charge in [0.25, 0.3) is 0 Å². The lowest BCUT2D eigenvalue weighted by atomic mass is 10.2. The molecule has 0 aliphatic heterocycles. The molecule has 1 aromatic rings. The molecule has 1 aromatic heterocycles. The molecule has 0 saturated heterocycles. The predicted molar refractivity (Wildman–Crippen MR) is 71.9 cm³/mol. The number of aromatic amines is 1. The summed E-state index contributed by atoms with van der Waals surface area (Å²) in [6, 6.07) is 0.498. The Morgan fingerprint density at radius 3 is 2.89 bits per heavy atom. The van der Waals surface area contributed by atoms with Crippen molar-refractivity contribution in [2.24, 2.45) is 17.8 Å². The largest absolute Gasteiger partial charge is 0.349 e. The van der Waals surface area contributed by atoms with Gasteiger partial charge in [-0.3, -0.25) is 14.5 Å². The Balaban J connectivity index is 1.37. The predicted octanol–water partition coefficient (Wildman–Crippen LogP) is 1.94. The molecule has 4 rings (SSSR count). The molecule has 0 unspecified atom stereocenters. The van der Waals surface area contributed by atoms with Crippen molar-refractivity contribution < 1.29 is 4.79 Å². The van der Waals surface area contributed by atoms with Gasteiger partial charge in [0.1, 0.15) is 0 Å². The fourth-order valence-corrected chi connectivity index (χ4v) is 3.33. The lowest BCUT2D eigenvalue weighted by Gasteiger charge is -2.06. The first kappa shape index (κ1) is 11.6. The van der Waals surface area contributed by atoms with Crippen molar-refractivity contribution in [2.45, 2.75) is 44.7 Å². The van der Waals surface area contributed by atoms with Gasteiger partial charge in [-0.2, -0.15) is 5.10 Å². The van der Waals surface area contributed by atoms with Gasteiger partial charge in [-0.15, -0.1) is 0 Å². The van der Waals surface area contributed by atoms with Crippen LogP contribution in [0.15, 0.2) is 0 Å². The second-order valence-electron chi connectivity index (χ2n) is 6.11. The van der Waals surface area contributed by atoms with Gasteiger partial charge in [0.2, 0.25) is 5.91 Å². The Morgan fingerprint density at radius 2 is 2.21 bits per heavy atom. The molecular weight excluding hydrogens is 260 g/mol. The summed E-state index contributed by atoms with van der Waals surface area (Å²) in [5, 5.41) is 10.1. The van der Waals surface area contributed by atoms with E-state index in [9.17, 15) is 4.79 Å². The standard InChI is InChI=1S/C13H18N4OS/c18-12(10-5-9(10)7-1-2-7)14-6-11-15-16-13(19)17(11)8-3-4-8/h7-10H,1-6H2,(H,14,18)(H,16,19)/t9-,10+/m1/s1. The summed E-state index contributed by atoms with van der Waals surface area (Å²) in [4.78, 5) is 12.0. The molecule has 19 heavy (non-hydrogen) atoms. The molecule has 0 spiro atoms. The van der Waals surface area contributed by atoms with Crippen molar-refractivity contribution >= 4 is 18.1 Å². The second-order valence-corrected chi connectivity index (χ2v) is 6.49. The average Bonchev–Trinajstić information content (AvgIpc) is 3.25. The first-order chi connectivity index (χ1) is 9.24. The molecule has 0 aromatic carbocycles. The molecule has 1 amide bonds. The maximum atomic E-state index is 12.0. The van der Waals surface area contributed by atoms with E-state index < -0.39 is 0 Å². The summed E-state index contributed by atoms with van der Waals surface area (Å²) in [6.07, 6.45) is 6.08. The van der Waals surface area contributed by atoms with Gasteiger partial charge in [-0.05, 0) is 56.2 Å². The fourth-order valence-electron chi connectivity index (χ4n) is 3.03. The molecular formula is C13H18N4OS. The van der Waals surface area contributed by atoms with Crippen molar-refractivity contribution in [3.05, 3.63) is 10.6 Å². The van der Waals surface area contributed by atoms with Crippen molar-refractivity contribution in [3.63, 3.8) is 0 Å². The molecule has 3 aliphatic carbocycles. The maximum Gasteiger partial charge on any atom is 0.223 e. The number of carbonyl (C=O) groups excluding carboxylic acids is 1. The third-order valence-electron chi connectivity index (χ3n) is 4.51. The van der Waals surface area contributed by atoms with Gasteiger partial charge in [0, 0.05) is 12.0 Å². The van der Waals surface area contributed by atoms with Crippen LogP contribution in [0, 0.1) is 22.5 Å². The number of amides is 1. The number of carbonyl (C=O) groups is 1. The van der Waals surface area contributed by atoms with Crippen LogP contribution >= 0.6 is 12.2 Å². The zero-order valence-electron chi connectivity index (χ0n) is 10.8. The highest BCUT2D eigenvalue weighted by molar-refractivity contribution is 7.71. The summed E-state index contributed by atoms with van der Waals surface area (Å²) in [7, 11) is 0. The molecule has 0 bridgehead atoms. The van der Waals surface area contributed by atoms with Gasteiger partial charge in [-0.1, -0.05) is 0 Å². The van der Waals surface area contributed by atoms with Crippen molar-refractivity contribution in [3.8, 4) is 0 Å². The number of hydrogen-bond donors (Lipinski definition) is 2. The summed E-state index contributed by atoms with van der Waals surface area (Å²) in [5.74, 6) is 2.85. The van der Waals surface area contributed by atoms with Crippen LogP contribution in [0.1, 0.15) is 44.0 Å². The summed E-state index contributed by atoms with van der Waals surface area (Å²) >= 11 is 5.23. The minimum absolute atomic E-state index is 0.202. The van der Waals surface area contributed by atoms with Gasteiger partial charge in [0.05, 0.1) is 6.54 Å². The van der Waals surface area contributed by atoms with Crippen LogP contribution in [0.2, 0.25) is 0 Å². The number of hydrogen-bond acceptors (Lipinski definition) is 3. The van der Waals surface area contributed by atoms with Gasteiger partial charge in [-0.25, -0.2) is 0 Å². The maximum absolute atomic E-state index is 12.0. The minimum atomic E-state index is 0.202. The zero-order valence-corrected chi connectivity index (χ0v) is 11.6. The van der Waals surface area contributed by atoms with E-state index in [4.69, 9.17) is 12.2 Å². The van der Waals surface area contributed by atoms with Crippen molar-refractivity contribution in [2.75, 3.05) is 0 Å². The van der Waals surface area contributed by atoms with E-state index in [-0.39, 0.29) is 11.8 Å². The van der Waals surface area contributed by atoms with Crippen LogP contribution in [0.4, 0.5) is 0 Å². The Morgan fingerprint density at radius 1 is 1.42 bits per heavy atom. The number of nitrogens with one attached hydrogen (secondary N) is 2. The zero-order chi connectivity index (χ0) is 13.0. The highest BCUT2D eigenvalue weighted by Crippen LogP contribution is 2.54. The molecule has 0 radical (unpaired) electrons. The van der Waals surface area contributed by atoms with Crippen LogP contribution in [0.3, 0.4) is 0 Å². The van der Waals surface area contributed by atoms with E-state index in [1.54, 1.807) is 0 Å². The molecule has 5 nitrogen and oxygen atoms in total. The molecule has 102 valence electrons. The molecule has 2 atom stereocenters. The van der Waals surface area contributed by atoms with Gasteiger partial charge < -0.3 is 5.32 Å². The lowest BCUT2D eigenvalue weighted by molar-refractivity contribution is -0.122. The SMILES string of the molecule is O=C(NCc1n[nH]c(=S)n1C1CC1)[C@H]1C[C@@H]1C1CC1. The second kappa shape index (κ2) is 4.16. The Labute approximate surface area is 116 Å². The van der Waals surface area contributed by atoms with Crippen LogP contribution in [-0.2, 0) is 11.3 Å². The number of nitrogens with zero attached hydrogens (tertiary/aromatic N) is 2. The fraction of sp³-hybridized carbons (Fsp3) is 0.769. The lowest BCUT2D eigenvalue weighted by Crippen LogP contribution is -2.26. The molecule has 3 fully saturated rings. The highest BCUT2D eigenvalue weighted by Gasteiger charge is 2.51.